The van der Waals surface area contributed by atoms with Gasteiger partial charge in [-0.15, -0.1) is 0 Å². The molecule has 6 heteroatoms. The highest BCUT2D eigenvalue weighted by molar-refractivity contribution is 7.89. The van der Waals surface area contributed by atoms with E-state index in [9.17, 15) is 13.2 Å². The summed E-state index contributed by atoms with van der Waals surface area (Å²) in [6.07, 6.45) is 1.15. The van der Waals surface area contributed by atoms with Crippen molar-refractivity contribution in [3.05, 3.63) is 29.8 Å². The van der Waals surface area contributed by atoms with E-state index in [1.807, 2.05) is 6.92 Å². The molecule has 1 aromatic carbocycles. The number of carbonyl (C=O) groups is 1. The summed E-state index contributed by atoms with van der Waals surface area (Å²) in [7, 11) is -3.48. The van der Waals surface area contributed by atoms with Crippen LogP contribution in [0.25, 0.3) is 0 Å². The third-order valence-corrected chi connectivity index (χ3v) is 4.38. The Hall–Kier alpha value is -1.40. The molecule has 1 aliphatic rings. The van der Waals surface area contributed by atoms with E-state index in [0.29, 0.717) is 12.8 Å². The van der Waals surface area contributed by atoms with Crippen molar-refractivity contribution in [1.29, 1.82) is 0 Å². The smallest absolute Gasteiger partial charge is 0.240 e. The molecule has 1 saturated heterocycles. The highest BCUT2D eigenvalue weighted by Gasteiger charge is 2.23. The molecule has 1 amide bonds. The Morgan fingerprint density at radius 1 is 1.33 bits per heavy atom. The highest BCUT2D eigenvalue weighted by atomic mass is 32.2. The van der Waals surface area contributed by atoms with Crippen molar-refractivity contribution < 1.29 is 13.2 Å². The SMILES string of the molecule is Cc1ccc(S(=O)(=O)NCC2CCC(=O)N2)cc1. The number of hydrogen-bond donors (Lipinski definition) is 2. The lowest BCUT2D eigenvalue weighted by molar-refractivity contribution is -0.119. The molecule has 0 saturated carbocycles. The minimum atomic E-state index is -3.48. The minimum Gasteiger partial charge on any atom is -0.352 e. The Balaban J connectivity index is 1.99. The van der Waals surface area contributed by atoms with Gasteiger partial charge in [0, 0.05) is 19.0 Å². The summed E-state index contributed by atoms with van der Waals surface area (Å²) in [6, 6.07) is 6.56. The van der Waals surface area contributed by atoms with Gasteiger partial charge in [-0.2, -0.15) is 0 Å². The molecule has 18 heavy (non-hydrogen) atoms. The Kier molecular flexibility index (Phi) is 3.68. The third-order valence-electron chi connectivity index (χ3n) is 2.94. The lowest BCUT2D eigenvalue weighted by Crippen LogP contribution is -2.38. The molecule has 0 radical (unpaired) electrons. The average molecular weight is 268 g/mol. The molecule has 98 valence electrons. The van der Waals surface area contributed by atoms with Crippen LogP contribution in [-0.2, 0) is 14.8 Å². The van der Waals surface area contributed by atoms with Crippen LogP contribution in [0.5, 0.6) is 0 Å². The summed E-state index contributed by atoms with van der Waals surface area (Å²) in [5.41, 5.74) is 1.01. The second-order valence-corrected chi connectivity index (χ2v) is 6.24. The van der Waals surface area contributed by atoms with E-state index >= 15 is 0 Å². The third kappa shape index (κ3) is 3.08. The molecule has 0 bridgehead atoms. The number of aryl methyl sites for hydroxylation is 1. The molecule has 0 aromatic heterocycles. The molecule has 0 aliphatic carbocycles. The molecule has 1 heterocycles. The number of rotatable bonds is 4. The lowest BCUT2D eigenvalue weighted by Gasteiger charge is -2.11. The van der Waals surface area contributed by atoms with Gasteiger partial charge in [0.15, 0.2) is 0 Å². The summed E-state index contributed by atoms with van der Waals surface area (Å²) >= 11 is 0. The maximum Gasteiger partial charge on any atom is 0.240 e. The number of sulfonamides is 1. The highest BCUT2D eigenvalue weighted by Crippen LogP contribution is 2.11. The zero-order chi connectivity index (χ0) is 13.2. The van der Waals surface area contributed by atoms with E-state index in [1.54, 1.807) is 24.3 Å². The van der Waals surface area contributed by atoms with Crippen molar-refractivity contribution in [3.63, 3.8) is 0 Å². The fourth-order valence-electron chi connectivity index (χ4n) is 1.84. The van der Waals surface area contributed by atoms with Crippen LogP contribution >= 0.6 is 0 Å². The number of carbonyl (C=O) groups excluding carboxylic acids is 1. The standard InChI is InChI=1S/C12H16N2O3S/c1-9-2-5-11(6-3-9)18(16,17)13-8-10-4-7-12(15)14-10/h2-3,5-6,10,13H,4,7-8H2,1H3,(H,14,15). The van der Waals surface area contributed by atoms with Gasteiger partial charge < -0.3 is 5.32 Å². The van der Waals surface area contributed by atoms with Crippen LogP contribution in [0.4, 0.5) is 0 Å². The molecule has 2 rings (SSSR count). The maximum absolute atomic E-state index is 12.0. The molecular formula is C12H16N2O3S. The zero-order valence-corrected chi connectivity index (χ0v) is 11.0. The summed E-state index contributed by atoms with van der Waals surface area (Å²) in [5.74, 6) is -0.0190. The molecule has 5 nitrogen and oxygen atoms in total. The van der Waals surface area contributed by atoms with E-state index < -0.39 is 10.0 Å². The first kappa shape index (κ1) is 13.0. The molecule has 2 N–H and O–H groups in total. The van der Waals surface area contributed by atoms with E-state index in [2.05, 4.69) is 10.0 Å². The number of hydrogen-bond acceptors (Lipinski definition) is 3. The van der Waals surface area contributed by atoms with Crippen LogP contribution in [0.3, 0.4) is 0 Å². The van der Waals surface area contributed by atoms with Crippen LogP contribution in [0.1, 0.15) is 18.4 Å². The Labute approximate surface area is 107 Å². The predicted molar refractivity (Wildman–Crippen MR) is 67.5 cm³/mol. The van der Waals surface area contributed by atoms with Crippen LogP contribution in [-0.4, -0.2) is 26.9 Å². The van der Waals surface area contributed by atoms with Crippen LogP contribution in [0.15, 0.2) is 29.2 Å². The van der Waals surface area contributed by atoms with Gasteiger partial charge in [-0.1, -0.05) is 17.7 Å². The van der Waals surface area contributed by atoms with E-state index in [1.165, 1.54) is 0 Å². The topological polar surface area (TPSA) is 75.3 Å². The lowest BCUT2D eigenvalue weighted by atomic mass is 10.2. The van der Waals surface area contributed by atoms with Crippen molar-refractivity contribution in [2.24, 2.45) is 0 Å². The van der Waals surface area contributed by atoms with Crippen molar-refractivity contribution in [1.82, 2.24) is 10.0 Å². The van der Waals surface area contributed by atoms with E-state index in [-0.39, 0.29) is 23.4 Å². The Morgan fingerprint density at radius 3 is 2.56 bits per heavy atom. The molecule has 1 aromatic rings. The van der Waals surface area contributed by atoms with Crippen molar-refractivity contribution in [2.45, 2.75) is 30.7 Å². The molecule has 0 spiro atoms. The number of benzene rings is 1. The largest absolute Gasteiger partial charge is 0.352 e. The first-order valence-corrected chi connectivity index (χ1v) is 7.31. The Bertz CT molecular complexity index is 537. The van der Waals surface area contributed by atoms with Gasteiger partial charge in [0.25, 0.3) is 0 Å². The van der Waals surface area contributed by atoms with E-state index in [4.69, 9.17) is 0 Å². The second kappa shape index (κ2) is 5.07. The van der Waals surface area contributed by atoms with Gasteiger partial charge in [0.2, 0.25) is 15.9 Å². The van der Waals surface area contributed by atoms with Crippen molar-refractivity contribution >= 4 is 15.9 Å². The maximum atomic E-state index is 12.0. The zero-order valence-electron chi connectivity index (χ0n) is 10.1. The van der Waals surface area contributed by atoms with Gasteiger partial charge in [-0.05, 0) is 25.5 Å². The summed E-state index contributed by atoms with van der Waals surface area (Å²) in [6.45, 7) is 2.14. The quantitative estimate of drug-likeness (QED) is 0.837. The fourth-order valence-corrected chi connectivity index (χ4v) is 2.92. The van der Waals surface area contributed by atoms with Gasteiger partial charge >= 0.3 is 0 Å². The van der Waals surface area contributed by atoms with Crippen molar-refractivity contribution in [3.8, 4) is 0 Å². The summed E-state index contributed by atoms with van der Waals surface area (Å²) < 4.78 is 26.4. The number of nitrogens with one attached hydrogen (secondary N) is 2. The van der Waals surface area contributed by atoms with Gasteiger partial charge in [0.1, 0.15) is 0 Å². The summed E-state index contributed by atoms with van der Waals surface area (Å²) in [4.78, 5) is 11.2. The normalized spacial score (nSPS) is 19.8. The minimum absolute atomic E-state index is 0.0190. The average Bonchev–Trinajstić information content (AvgIpc) is 2.73. The predicted octanol–water partition coefficient (Wildman–Crippen LogP) is 0.552. The second-order valence-electron chi connectivity index (χ2n) is 4.47. The molecular weight excluding hydrogens is 252 g/mol. The van der Waals surface area contributed by atoms with Crippen LogP contribution in [0.2, 0.25) is 0 Å². The van der Waals surface area contributed by atoms with Crippen LogP contribution < -0.4 is 10.0 Å². The fraction of sp³-hybridized carbons (Fsp3) is 0.417. The van der Waals surface area contributed by atoms with Gasteiger partial charge in [-0.3, -0.25) is 4.79 Å². The van der Waals surface area contributed by atoms with Gasteiger partial charge in [0.05, 0.1) is 4.90 Å². The number of amides is 1. The summed E-state index contributed by atoms with van der Waals surface area (Å²) in [5, 5.41) is 2.72. The molecule has 1 aliphatic heterocycles. The van der Waals surface area contributed by atoms with Gasteiger partial charge in [-0.25, -0.2) is 13.1 Å². The molecule has 1 unspecified atom stereocenters. The first-order valence-electron chi connectivity index (χ1n) is 5.83. The van der Waals surface area contributed by atoms with Crippen molar-refractivity contribution in [2.75, 3.05) is 6.54 Å². The first-order chi connectivity index (χ1) is 8.47. The van der Waals surface area contributed by atoms with E-state index in [0.717, 1.165) is 5.56 Å². The monoisotopic (exact) mass is 268 g/mol. The molecule has 1 atom stereocenters. The Morgan fingerprint density at radius 2 is 2.00 bits per heavy atom. The molecule has 1 fully saturated rings. The van der Waals surface area contributed by atoms with Crippen LogP contribution in [0, 0.1) is 6.92 Å².